The number of carbonyl (C=O) groups excluding carboxylic acids is 1. The predicted octanol–water partition coefficient (Wildman–Crippen LogP) is 0.361. The average Bonchev–Trinajstić information content (AvgIpc) is 2.84. The van der Waals surface area contributed by atoms with Crippen molar-refractivity contribution in [3.63, 3.8) is 0 Å². The van der Waals surface area contributed by atoms with Crippen molar-refractivity contribution in [2.75, 3.05) is 19.8 Å². The molecule has 2 aliphatic rings. The summed E-state index contributed by atoms with van der Waals surface area (Å²) in [5.41, 5.74) is 5.86. The molecular weight excluding hydrogens is 192 g/mol. The summed E-state index contributed by atoms with van der Waals surface area (Å²) >= 11 is 0. The van der Waals surface area contributed by atoms with Crippen molar-refractivity contribution in [1.29, 1.82) is 0 Å². The average molecular weight is 212 g/mol. The second-order valence-electron chi connectivity index (χ2n) is 4.54. The molecule has 2 aliphatic heterocycles. The summed E-state index contributed by atoms with van der Waals surface area (Å²) in [5, 5.41) is 0. The molecule has 2 fully saturated rings. The first-order chi connectivity index (χ1) is 7.24. The van der Waals surface area contributed by atoms with Gasteiger partial charge in [-0.3, -0.25) is 4.79 Å². The third kappa shape index (κ3) is 2.01. The van der Waals surface area contributed by atoms with Crippen molar-refractivity contribution in [2.24, 2.45) is 11.7 Å². The number of amides is 1. The van der Waals surface area contributed by atoms with Crippen LogP contribution in [0.25, 0.3) is 0 Å². The zero-order valence-corrected chi connectivity index (χ0v) is 9.32. The standard InChI is InChI=1S/C11H20N2O2/c1-2-8-4-3-5-13(8)11(14)9-6-15-7-10(9)12/h8-10H,2-7,12H2,1H3. The highest BCUT2D eigenvalue weighted by Crippen LogP contribution is 2.24. The van der Waals surface area contributed by atoms with Gasteiger partial charge in [0.05, 0.1) is 19.1 Å². The number of nitrogens with zero attached hydrogens (tertiary/aromatic N) is 1. The highest BCUT2D eigenvalue weighted by atomic mass is 16.5. The molecule has 0 aromatic carbocycles. The van der Waals surface area contributed by atoms with Crippen LogP contribution in [0.15, 0.2) is 0 Å². The molecular formula is C11H20N2O2. The van der Waals surface area contributed by atoms with Crippen LogP contribution in [-0.4, -0.2) is 42.6 Å². The molecule has 2 heterocycles. The van der Waals surface area contributed by atoms with Gasteiger partial charge in [0.15, 0.2) is 0 Å². The van der Waals surface area contributed by atoms with E-state index in [-0.39, 0.29) is 17.9 Å². The Morgan fingerprint density at radius 2 is 2.33 bits per heavy atom. The lowest BCUT2D eigenvalue weighted by Gasteiger charge is -2.27. The lowest BCUT2D eigenvalue weighted by molar-refractivity contribution is -0.136. The number of carbonyl (C=O) groups is 1. The fraction of sp³-hybridized carbons (Fsp3) is 0.909. The Morgan fingerprint density at radius 3 is 2.93 bits per heavy atom. The lowest BCUT2D eigenvalue weighted by Crippen LogP contribution is -2.45. The van der Waals surface area contributed by atoms with E-state index in [1.807, 2.05) is 4.90 Å². The summed E-state index contributed by atoms with van der Waals surface area (Å²) < 4.78 is 5.25. The van der Waals surface area contributed by atoms with Crippen molar-refractivity contribution in [1.82, 2.24) is 4.90 Å². The zero-order chi connectivity index (χ0) is 10.8. The predicted molar refractivity (Wildman–Crippen MR) is 57.3 cm³/mol. The highest BCUT2D eigenvalue weighted by molar-refractivity contribution is 5.80. The van der Waals surface area contributed by atoms with E-state index < -0.39 is 0 Å². The van der Waals surface area contributed by atoms with Crippen LogP contribution in [0.1, 0.15) is 26.2 Å². The normalized spacial score (nSPS) is 36.1. The summed E-state index contributed by atoms with van der Waals surface area (Å²) in [6.45, 7) is 4.08. The molecule has 3 unspecified atom stereocenters. The van der Waals surface area contributed by atoms with E-state index in [0.717, 1.165) is 25.8 Å². The molecule has 0 spiro atoms. The van der Waals surface area contributed by atoms with Gasteiger partial charge in [0, 0.05) is 18.6 Å². The Labute approximate surface area is 90.8 Å². The highest BCUT2D eigenvalue weighted by Gasteiger charge is 2.37. The summed E-state index contributed by atoms with van der Waals surface area (Å²) in [6.07, 6.45) is 3.33. The molecule has 0 aliphatic carbocycles. The van der Waals surface area contributed by atoms with Gasteiger partial charge in [-0.15, -0.1) is 0 Å². The van der Waals surface area contributed by atoms with Gasteiger partial charge < -0.3 is 15.4 Å². The van der Waals surface area contributed by atoms with Crippen LogP contribution < -0.4 is 5.73 Å². The first-order valence-electron chi connectivity index (χ1n) is 5.87. The molecule has 2 rings (SSSR count). The SMILES string of the molecule is CCC1CCCN1C(=O)C1COCC1N. The molecule has 2 saturated heterocycles. The Morgan fingerprint density at radius 1 is 1.53 bits per heavy atom. The number of nitrogens with two attached hydrogens (primary N) is 1. The van der Waals surface area contributed by atoms with Crippen molar-refractivity contribution >= 4 is 5.91 Å². The maximum absolute atomic E-state index is 12.2. The van der Waals surface area contributed by atoms with E-state index in [4.69, 9.17) is 10.5 Å². The quantitative estimate of drug-likeness (QED) is 0.719. The topological polar surface area (TPSA) is 55.6 Å². The van der Waals surface area contributed by atoms with Gasteiger partial charge in [0.1, 0.15) is 0 Å². The molecule has 0 bridgehead atoms. The second-order valence-corrected chi connectivity index (χ2v) is 4.54. The van der Waals surface area contributed by atoms with E-state index in [1.54, 1.807) is 0 Å². The monoisotopic (exact) mass is 212 g/mol. The summed E-state index contributed by atoms with van der Waals surface area (Å²) in [7, 11) is 0. The molecule has 0 saturated carbocycles. The largest absolute Gasteiger partial charge is 0.379 e. The lowest BCUT2D eigenvalue weighted by atomic mass is 10.0. The smallest absolute Gasteiger partial charge is 0.229 e. The molecule has 0 aromatic rings. The molecule has 4 nitrogen and oxygen atoms in total. The van der Waals surface area contributed by atoms with Crippen molar-refractivity contribution in [2.45, 2.75) is 38.3 Å². The molecule has 15 heavy (non-hydrogen) atoms. The van der Waals surface area contributed by atoms with E-state index in [0.29, 0.717) is 19.3 Å². The van der Waals surface area contributed by atoms with Crippen LogP contribution in [0.4, 0.5) is 0 Å². The number of ether oxygens (including phenoxy) is 1. The minimum absolute atomic E-state index is 0.0999. The number of likely N-dealkylation sites (tertiary alicyclic amines) is 1. The van der Waals surface area contributed by atoms with Gasteiger partial charge in [0.25, 0.3) is 0 Å². The van der Waals surface area contributed by atoms with Crippen molar-refractivity contribution < 1.29 is 9.53 Å². The van der Waals surface area contributed by atoms with E-state index in [2.05, 4.69) is 6.92 Å². The number of rotatable bonds is 2. The van der Waals surface area contributed by atoms with Gasteiger partial charge in [-0.2, -0.15) is 0 Å². The minimum atomic E-state index is -0.101. The zero-order valence-electron chi connectivity index (χ0n) is 9.32. The summed E-state index contributed by atoms with van der Waals surface area (Å²) in [5.74, 6) is 0.113. The van der Waals surface area contributed by atoms with Crippen LogP contribution in [0.5, 0.6) is 0 Å². The Hall–Kier alpha value is -0.610. The molecule has 3 atom stereocenters. The summed E-state index contributed by atoms with van der Waals surface area (Å²) in [6, 6.07) is 0.334. The maximum atomic E-state index is 12.2. The van der Waals surface area contributed by atoms with Crippen molar-refractivity contribution in [3.8, 4) is 0 Å². The molecule has 1 amide bonds. The molecule has 0 aromatic heterocycles. The van der Waals surface area contributed by atoms with Crippen LogP contribution in [0.2, 0.25) is 0 Å². The van der Waals surface area contributed by atoms with Gasteiger partial charge in [-0.25, -0.2) is 0 Å². The van der Waals surface area contributed by atoms with E-state index >= 15 is 0 Å². The third-order valence-electron chi connectivity index (χ3n) is 3.57. The van der Waals surface area contributed by atoms with Crippen LogP contribution in [-0.2, 0) is 9.53 Å². The fourth-order valence-corrected chi connectivity index (χ4v) is 2.59. The Bertz CT molecular complexity index is 245. The molecule has 4 heteroatoms. The Kier molecular flexibility index (Phi) is 3.26. The van der Waals surface area contributed by atoms with Gasteiger partial charge >= 0.3 is 0 Å². The first-order valence-corrected chi connectivity index (χ1v) is 5.87. The van der Waals surface area contributed by atoms with Crippen molar-refractivity contribution in [3.05, 3.63) is 0 Å². The molecule has 86 valence electrons. The minimum Gasteiger partial charge on any atom is -0.379 e. The summed E-state index contributed by atoms with van der Waals surface area (Å²) in [4.78, 5) is 14.2. The number of hydrogen-bond donors (Lipinski definition) is 1. The van der Waals surface area contributed by atoms with Crippen LogP contribution in [0.3, 0.4) is 0 Å². The Balaban J connectivity index is 2.00. The third-order valence-corrected chi connectivity index (χ3v) is 3.57. The van der Waals surface area contributed by atoms with Crippen LogP contribution >= 0.6 is 0 Å². The second kappa shape index (κ2) is 4.49. The van der Waals surface area contributed by atoms with Gasteiger partial charge in [-0.05, 0) is 19.3 Å². The van der Waals surface area contributed by atoms with Gasteiger partial charge in [0.2, 0.25) is 5.91 Å². The first kappa shape index (κ1) is 10.9. The van der Waals surface area contributed by atoms with Crippen LogP contribution in [0, 0.1) is 5.92 Å². The molecule has 0 radical (unpaired) electrons. The number of hydrogen-bond acceptors (Lipinski definition) is 3. The fourth-order valence-electron chi connectivity index (χ4n) is 2.59. The van der Waals surface area contributed by atoms with E-state index in [1.165, 1.54) is 0 Å². The van der Waals surface area contributed by atoms with Gasteiger partial charge in [-0.1, -0.05) is 6.92 Å². The van der Waals surface area contributed by atoms with E-state index in [9.17, 15) is 4.79 Å². The molecule has 2 N–H and O–H groups in total. The maximum Gasteiger partial charge on any atom is 0.229 e.